The van der Waals surface area contributed by atoms with Crippen LogP contribution < -0.4 is 14.8 Å². The van der Waals surface area contributed by atoms with Gasteiger partial charge in [-0.1, -0.05) is 17.7 Å². The van der Waals surface area contributed by atoms with E-state index in [4.69, 9.17) is 21.1 Å². The van der Waals surface area contributed by atoms with Crippen molar-refractivity contribution in [2.45, 2.75) is 10.6 Å². The molecule has 0 radical (unpaired) electrons. The lowest BCUT2D eigenvalue weighted by Gasteiger charge is -2.12. The number of thioether (sulfide) groups is 1. The first-order valence-corrected chi connectivity index (χ1v) is 9.96. The molecule has 0 bridgehead atoms. The Labute approximate surface area is 173 Å². The summed E-state index contributed by atoms with van der Waals surface area (Å²) in [5.74, 6) is 1.92. The van der Waals surface area contributed by atoms with E-state index in [2.05, 4.69) is 5.32 Å². The van der Waals surface area contributed by atoms with Crippen LogP contribution in [0.1, 0.15) is 15.9 Å². The third-order valence-electron chi connectivity index (χ3n) is 4.08. The van der Waals surface area contributed by atoms with Crippen molar-refractivity contribution in [1.29, 1.82) is 0 Å². The van der Waals surface area contributed by atoms with Crippen molar-refractivity contribution in [1.82, 2.24) is 0 Å². The fourth-order valence-electron chi connectivity index (χ4n) is 2.63. The van der Waals surface area contributed by atoms with Crippen LogP contribution in [0.5, 0.6) is 11.5 Å². The Morgan fingerprint density at radius 2 is 1.79 bits per heavy atom. The van der Waals surface area contributed by atoms with E-state index in [-0.39, 0.29) is 5.91 Å². The van der Waals surface area contributed by atoms with E-state index in [1.54, 1.807) is 38.1 Å². The highest BCUT2D eigenvalue weighted by Crippen LogP contribution is 2.30. The Kier molecular flexibility index (Phi) is 6.85. The molecule has 0 saturated carbocycles. The number of methoxy groups -OCH3 is 2. The summed E-state index contributed by atoms with van der Waals surface area (Å²) in [6, 6.07) is 20.3. The first kappa shape index (κ1) is 20.1. The van der Waals surface area contributed by atoms with E-state index in [1.165, 1.54) is 0 Å². The van der Waals surface area contributed by atoms with Crippen LogP contribution in [-0.2, 0) is 5.75 Å². The van der Waals surface area contributed by atoms with Gasteiger partial charge in [0.15, 0.2) is 0 Å². The number of rotatable bonds is 7. The van der Waals surface area contributed by atoms with Gasteiger partial charge in [0.25, 0.3) is 5.91 Å². The predicted octanol–water partition coefficient (Wildman–Crippen LogP) is 5.90. The van der Waals surface area contributed by atoms with Crippen LogP contribution in [0.3, 0.4) is 0 Å². The standard InChI is InChI=1S/C22H20ClNO3S/c1-26-19-5-3-4-18(13-19)24-22(25)15-6-11-21(27-2)16(12-15)14-28-20-9-7-17(23)8-10-20/h3-13H,14H2,1-2H3,(H,24,25). The molecule has 144 valence electrons. The third-order valence-corrected chi connectivity index (χ3v) is 5.39. The van der Waals surface area contributed by atoms with Gasteiger partial charge >= 0.3 is 0 Å². The zero-order valence-electron chi connectivity index (χ0n) is 15.6. The average molecular weight is 414 g/mol. The highest BCUT2D eigenvalue weighted by atomic mass is 35.5. The van der Waals surface area contributed by atoms with Crippen molar-refractivity contribution in [3.05, 3.63) is 82.9 Å². The second-order valence-electron chi connectivity index (χ2n) is 5.96. The van der Waals surface area contributed by atoms with Gasteiger partial charge in [-0.3, -0.25) is 4.79 Å². The molecule has 0 saturated heterocycles. The van der Waals surface area contributed by atoms with Crippen LogP contribution in [0, 0.1) is 0 Å². The molecule has 4 nitrogen and oxygen atoms in total. The lowest BCUT2D eigenvalue weighted by atomic mass is 10.1. The van der Waals surface area contributed by atoms with Crippen LogP contribution >= 0.6 is 23.4 Å². The molecule has 1 amide bonds. The number of benzene rings is 3. The van der Waals surface area contributed by atoms with Gasteiger partial charge in [-0.05, 0) is 54.6 Å². The van der Waals surface area contributed by atoms with E-state index >= 15 is 0 Å². The zero-order valence-corrected chi connectivity index (χ0v) is 17.1. The molecule has 0 aliphatic carbocycles. The quantitative estimate of drug-likeness (QED) is 0.490. The number of ether oxygens (including phenoxy) is 2. The summed E-state index contributed by atoms with van der Waals surface area (Å²) in [7, 11) is 3.22. The number of hydrogen-bond donors (Lipinski definition) is 1. The number of amides is 1. The number of hydrogen-bond acceptors (Lipinski definition) is 4. The van der Waals surface area contributed by atoms with E-state index in [0.717, 1.165) is 16.2 Å². The number of halogens is 1. The van der Waals surface area contributed by atoms with Gasteiger partial charge in [0, 0.05) is 38.6 Å². The van der Waals surface area contributed by atoms with E-state index in [1.807, 2.05) is 54.6 Å². The Morgan fingerprint density at radius 1 is 1.00 bits per heavy atom. The molecule has 0 fully saturated rings. The largest absolute Gasteiger partial charge is 0.497 e. The Morgan fingerprint density at radius 3 is 2.50 bits per heavy atom. The number of carbonyl (C=O) groups excluding carboxylic acids is 1. The van der Waals surface area contributed by atoms with Gasteiger partial charge in [-0.15, -0.1) is 11.8 Å². The molecular formula is C22H20ClNO3S. The number of nitrogens with one attached hydrogen (secondary N) is 1. The molecule has 0 atom stereocenters. The molecule has 3 rings (SSSR count). The van der Waals surface area contributed by atoms with Gasteiger partial charge in [-0.25, -0.2) is 0 Å². The second-order valence-corrected chi connectivity index (χ2v) is 7.44. The minimum absolute atomic E-state index is 0.186. The van der Waals surface area contributed by atoms with Crippen LogP contribution in [0.4, 0.5) is 5.69 Å². The van der Waals surface area contributed by atoms with E-state index < -0.39 is 0 Å². The van der Waals surface area contributed by atoms with Crippen molar-refractivity contribution in [2.24, 2.45) is 0 Å². The van der Waals surface area contributed by atoms with Crippen molar-refractivity contribution >= 4 is 35.0 Å². The topological polar surface area (TPSA) is 47.6 Å². The maximum absolute atomic E-state index is 12.7. The molecule has 0 aliphatic heterocycles. The van der Waals surface area contributed by atoms with E-state index in [9.17, 15) is 4.79 Å². The molecule has 3 aromatic carbocycles. The van der Waals surface area contributed by atoms with Crippen molar-refractivity contribution in [2.75, 3.05) is 19.5 Å². The fraction of sp³-hybridized carbons (Fsp3) is 0.136. The number of anilines is 1. The summed E-state index contributed by atoms with van der Waals surface area (Å²) in [6.45, 7) is 0. The molecule has 0 heterocycles. The predicted molar refractivity (Wildman–Crippen MR) is 115 cm³/mol. The Bertz CT molecular complexity index is 960. The zero-order chi connectivity index (χ0) is 19.9. The second kappa shape index (κ2) is 9.53. The first-order valence-electron chi connectivity index (χ1n) is 8.59. The SMILES string of the molecule is COc1cccc(NC(=O)c2ccc(OC)c(CSc3ccc(Cl)cc3)c2)c1. The fourth-order valence-corrected chi connectivity index (χ4v) is 3.63. The molecule has 0 spiro atoms. The third kappa shape index (κ3) is 5.21. The summed E-state index contributed by atoms with van der Waals surface area (Å²) < 4.78 is 10.6. The van der Waals surface area contributed by atoms with Crippen molar-refractivity contribution < 1.29 is 14.3 Å². The van der Waals surface area contributed by atoms with Gasteiger partial charge in [0.1, 0.15) is 11.5 Å². The van der Waals surface area contributed by atoms with Gasteiger partial charge < -0.3 is 14.8 Å². The monoisotopic (exact) mass is 413 g/mol. The van der Waals surface area contributed by atoms with Crippen LogP contribution in [0.15, 0.2) is 71.6 Å². The molecule has 28 heavy (non-hydrogen) atoms. The Balaban J connectivity index is 1.75. The molecule has 0 unspecified atom stereocenters. The maximum Gasteiger partial charge on any atom is 0.255 e. The molecule has 3 aromatic rings. The molecule has 0 aromatic heterocycles. The van der Waals surface area contributed by atoms with Crippen LogP contribution in [0.25, 0.3) is 0 Å². The van der Waals surface area contributed by atoms with Gasteiger partial charge in [0.2, 0.25) is 0 Å². The minimum Gasteiger partial charge on any atom is -0.497 e. The minimum atomic E-state index is -0.186. The lowest BCUT2D eigenvalue weighted by molar-refractivity contribution is 0.102. The highest BCUT2D eigenvalue weighted by molar-refractivity contribution is 7.98. The van der Waals surface area contributed by atoms with Crippen LogP contribution in [-0.4, -0.2) is 20.1 Å². The maximum atomic E-state index is 12.7. The molecule has 1 N–H and O–H groups in total. The van der Waals surface area contributed by atoms with Crippen LogP contribution in [0.2, 0.25) is 5.02 Å². The van der Waals surface area contributed by atoms with Gasteiger partial charge in [-0.2, -0.15) is 0 Å². The first-order chi connectivity index (χ1) is 13.6. The summed E-state index contributed by atoms with van der Waals surface area (Å²) in [5.41, 5.74) is 2.19. The average Bonchev–Trinajstić information content (AvgIpc) is 2.73. The van der Waals surface area contributed by atoms with E-state index in [0.29, 0.717) is 27.8 Å². The summed E-state index contributed by atoms with van der Waals surface area (Å²) in [6.07, 6.45) is 0. The molecule has 6 heteroatoms. The van der Waals surface area contributed by atoms with Gasteiger partial charge in [0.05, 0.1) is 14.2 Å². The highest BCUT2D eigenvalue weighted by Gasteiger charge is 2.11. The normalized spacial score (nSPS) is 10.4. The molecule has 0 aliphatic rings. The lowest BCUT2D eigenvalue weighted by Crippen LogP contribution is -2.12. The number of carbonyl (C=O) groups is 1. The van der Waals surface area contributed by atoms with Crippen molar-refractivity contribution in [3.63, 3.8) is 0 Å². The summed E-state index contributed by atoms with van der Waals surface area (Å²) in [4.78, 5) is 13.8. The summed E-state index contributed by atoms with van der Waals surface area (Å²) in [5, 5.41) is 3.60. The van der Waals surface area contributed by atoms with Crippen molar-refractivity contribution in [3.8, 4) is 11.5 Å². The summed E-state index contributed by atoms with van der Waals surface area (Å²) >= 11 is 7.59. The smallest absolute Gasteiger partial charge is 0.255 e. The Hall–Kier alpha value is -2.63. The molecular weight excluding hydrogens is 394 g/mol.